The Morgan fingerprint density at radius 3 is 1.74 bits per heavy atom. The molecule has 0 saturated carbocycles. The normalized spacial score (nSPS) is 14.2. The van der Waals surface area contributed by atoms with Crippen molar-refractivity contribution in [1.82, 2.24) is 0 Å². The fraction of sp³-hybridized carbons (Fsp3) is 0.929. The summed E-state index contributed by atoms with van der Waals surface area (Å²) in [5, 5.41) is 0. The van der Waals surface area contributed by atoms with Gasteiger partial charge in [-0.15, -0.1) is 0 Å². The lowest BCUT2D eigenvalue weighted by Crippen LogP contribution is -2.37. The van der Waals surface area contributed by atoms with Crippen LogP contribution in [0.2, 0.25) is 0 Å². The van der Waals surface area contributed by atoms with Gasteiger partial charge in [0.15, 0.2) is 6.10 Å². The first-order chi connectivity index (χ1) is 18.0. The van der Waals surface area contributed by atoms with Gasteiger partial charge in [0.25, 0.3) is 7.82 Å². The number of ether oxygens (including phenoxy) is 2. The van der Waals surface area contributed by atoms with Crippen LogP contribution >= 0.6 is 7.82 Å². The number of unbranched alkanes of at least 4 members (excludes halogenated alkanes) is 12. The third kappa shape index (κ3) is 25.3. The fourth-order valence-electron chi connectivity index (χ4n) is 3.75. The number of phosphoric ester groups is 1. The number of nitrogens with zero attached hydrogens (tertiary/aromatic N) is 1. The summed E-state index contributed by atoms with van der Waals surface area (Å²) in [7, 11) is 1.16. The topological polar surface area (TPSA) is 111 Å². The van der Waals surface area contributed by atoms with E-state index in [1.165, 1.54) is 64.2 Å². The highest BCUT2D eigenvalue weighted by Gasteiger charge is 2.21. The van der Waals surface area contributed by atoms with Crippen LogP contribution in [0.5, 0.6) is 0 Å². The summed E-state index contributed by atoms with van der Waals surface area (Å²) in [5.74, 6) is -0.894. The number of esters is 2. The van der Waals surface area contributed by atoms with E-state index < -0.39 is 32.5 Å². The van der Waals surface area contributed by atoms with E-state index in [0.29, 0.717) is 23.9 Å². The van der Waals surface area contributed by atoms with Crippen molar-refractivity contribution in [3.05, 3.63) is 0 Å². The molecule has 1 unspecified atom stereocenters. The molecule has 0 radical (unpaired) electrons. The van der Waals surface area contributed by atoms with Gasteiger partial charge >= 0.3 is 11.9 Å². The lowest BCUT2D eigenvalue weighted by molar-refractivity contribution is -0.870. The molecule has 10 heteroatoms. The van der Waals surface area contributed by atoms with Gasteiger partial charge in [0, 0.05) is 12.8 Å². The first-order valence-corrected chi connectivity index (χ1v) is 16.2. The van der Waals surface area contributed by atoms with Crippen LogP contribution in [-0.4, -0.2) is 70.0 Å². The van der Waals surface area contributed by atoms with Crippen LogP contribution in [0, 0.1) is 0 Å². The van der Waals surface area contributed by atoms with Crippen molar-refractivity contribution < 1.29 is 42.1 Å². The van der Waals surface area contributed by atoms with Crippen molar-refractivity contribution in [2.45, 2.75) is 123 Å². The van der Waals surface area contributed by atoms with Crippen LogP contribution in [0.25, 0.3) is 0 Å². The Bertz CT molecular complexity index is 653. The zero-order valence-corrected chi connectivity index (χ0v) is 25.8. The summed E-state index contributed by atoms with van der Waals surface area (Å²) in [4.78, 5) is 36.1. The smallest absolute Gasteiger partial charge is 0.306 e. The van der Waals surface area contributed by atoms with Gasteiger partial charge in [-0.1, -0.05) is 90.9 Å². The average Bonchev–Trinajstić information content (AvgIpc) is 2.83. The molecule has 38 heavy (non-hydrogen) atoms. The van der Waals surface area contributed by atoms with E-state index >= 15 is 0 Å². The highest BCUT2D eigenvalue weighted by molar-refractivity contribution is 7.45. The molecule has 0 aromatic rings. The maximum Gasteiger partial charge on any atom is 0.306 e. The van der Waals surface area contributed by atoms with E-state index in [4.69, 9.17) is 18.5 Å². The summed E-state index contributed by atoms with van der Waals surface area (Å²) >= 11 is 0. The molecular formula is C28H56NO8P. The molecule has 9 nitrogen and oxygen atoms in total. The minimum absolute atomic E-state index is 0.0285. The van der Waals surface area contributed by atoms with Crippen molar-refractivity contribution in [3.8, 4) is 0 Å². The zero-order chi connectivity index (χ0) is 28.7. The van der Waals surface area contributed by atoms with E-state index in [9.17, 15) is 19.0 Å². The standard InChI is InChI=1S/C28H56NO8P/c1-6-8-9-10-11-12-13-14-15-16-17-18-19-21-28(31)37-26(24-34-27(30)20-7-2)25-36-38(32,33)35-23-22-29(3,4)5/h26H,6-25H2,1-5H3/t26-/m1/s1. The third-order valence-corrected chi connectivity index (χ3v) is 7.06. The van der Waals surface area contributed by atoms with Crippen LogP contribution < -0.4 is 4.89 Å². The van der Waals surface area contributed by atoms with Gasteiger partial charge in [0.05, 0.1) is 27.7 Å². The van der Waals surface area contributed by atoms with Gasteiger partial charge in [-0.25, -0.2) is 0 Å². The van der Waals surface area contributed by atoms with Crippen LogP contribution in [0.1, 0.15) is 117 Å². The predicted molar refractivity (Wildman–Crippen MR) is 148 cm³/mol. The minimum atomic E-state index is -4.58. The molecule has 0 aromatic carbocycles. The summed E-state index contributed by atoms with van der Waals surface area (Å²) in [6, 6.07) is 0. The second-order valence-corrected chi connectivity index (χ2v) is 12.5. The molecule has 2 atom stereocenters. The molecule has 226 valence electrons. The Morgan fingerprint density at radius 2 is 1.24 bits per heavy atom. The average molecular weight is 566 g/mol. The molecule has 0 fully saturated rings. The molecular weight excluding hydrogens is 509 g/mol. The summed E-state index contributed by atoms with van der Waals surface area (Å²) in [5.41, 5.74) is 0. The first kappa shape index (κ1) is 37.0. The molecule has 0 amide bonds. The van der Waals surface area contributed by atoms with E-state index in [1.807, 2.05) is 28.1 Å². The predicted octanol–water partition coefficient (Wildman–Crippen LogP) is 5.93. The lowest BCUT2D eigenvalue weighted by atomic mass is 10.0. The van der Waals surface area contributed by atoms with E-state index in [2.05, 4.69) is 6.92 Å². The second kappa shape index (κ2) is 22.8. The molecule has 0 spiro atoms. The maximum absolute atomic E-state index is 12.3. The fourth-order valence-corrected chi connectivity index (χ4v) is 4.48. The minimum Gasteiger partial charge on any atom is -0.756 e. The monoisotopic (exact) mass is 565 g/mol. The number of hydrogen-bond donors (Lipinski definition) is 0. The van der Waals surface area contributed by atoms with Crippen LogP contribution in [0.3, 0.4) is 0 Å². The molecule has 0 rings (SSSR count). The number of carbonyl (C=O) groups is 2. The lowest BCUT2D eigenvalue weighted by Gasteiger charge is -2.28. The van der Waals surface area contributed by atoms with Crippen molar-refractivity contribution in [2.24, 2.45) is 0 Å². The van der Waals surface area contributed by atoms with E-state index in [0.717, 1.165) is 12.8 Å². The number of rotatable bonds is 26. The van der Waals surface area contributed by atoms with Gasteiger partial charge in [0.1, 0.15) is 19.8 Å². The Hall–Kier alpha value is -0.990. The van der Waals surface area contributed by atoms with Crippen molar-refractivity contribution in [1.29, 1.82) is 0 Å². The van der Waals surface area contributed by atoms with E-state index in [-0.39, 0.29) is 26.1 Å². The summed E-state index contributed by atoms with van der Waals surface area (Å²) in [6.07, 6.45) is 15.8. The number of quaternary nitrogens is 1. The van der Waals surface area contributed by atoms with Crippen molar-refractivity contribution in [2.75, 3.05) is 47.5 Å². The van der Waals surface area contributed by atoms with Crippen LogP contribution in [0.4, 0.5) is 0 Å². The molecule has 0 N–H and O–H groups in total. The highest BCUT2D eigenvalue weighted by atomic mass is 31.2. The molecule has 0 bridgehead atoms. The van der Waals surface area contributed by atoms with Crippen LogP contribution in [-0.2, 0) is 32.7 Å². The Labute approximate surface area is 232 Å². The quantitative estimate of drug-likeness (QED) is 0.0549. The Balaban J connectivity index is 4.24. The number of phosphoric acid groups is 1. The molecule has 0 aliphatic rings. The summed E-state index contributed by atoms with van der Waals surface area (Å²) in [6.45, 7) is 3.81. The van der Waals surface area contributed by atoms with Gasteiger partial charge in [-0.05, 0) is 12.8 Å². The number of carbonyl (C=O) groups excluding carboxylic acids is 2. The van der Waals surface area contributed by atoms with E-state index in [1.54, 1.807) is 0 Å². The highest BCUT2D eigenvalue weighted by Crippen LogP contribution is 2.38. The zero-order valence-electron chi connectivity index (χ0n) is 24.9. The molecule has 0 aromatic heterocycles. The maximum atomic E-state index is 12.3. The molecule has 0 aliphatic carbocycles. The number of hydrogen-bond acceptors (Lipinski definition) is 8. The molecule has 0 aliphatic heterocycles. The second-order valence-electron chi connectivity index (χ2n) is 11.1. The van der Waals surface area contributed by atoms with Gasteiger partial charge in [0.2, 0.25) is 0 Å². The van der Waals surface area contributed by atoms with Gasteiger partial charge in [-0.3, -0.25) is 14.2 Å². The van der Waals surface area contributed by atoms with Gasteiger partial charge < -0.3 is 27.9 Å². The van der Waals surface area contributed by atoms with Crippen molar-refractivity contribution >= 4 is 19.8 Å². The third-order valence-electron chi connectivity index (χ3n) is 6.10. The van der Waals surface area contributed by atoms with Crippen LogP contribution in [0.15, 0.2) is 0 Å². The first-order valence-electron chi connectivity index (χ1n) is 14.7. The molecule has 0 heterocycles. The Kier molecular flexibility index (Phi) is 22.2. The summed E-state index contributed by atoms with van der Waals surface area (Å²) < 4.78 is 32.9. The SMILES string of the molecule is CCCCCCCCCCCCCCCC(=O)O[C@H](COC(=O)CCC)COP(=O)([O-])OCC[N+](C)(C)C. The number of likely N-dealkylation sites (N-methyl/N-ethyl adjacent to an activating group) is 1. The van der Waals surface area contributed by atoms with Crippen molar-refractivity contribution in [3.63, 3.8) is 0 Å². The largest absolute Gasteiger partial charge is 0.756 e. The van der Waals surface area contributed by atoms with Gasteiger partial charge in [-0.2, -0.15) is 0 Å². The molecule has 0 saturated heterocycles. The Morgan fingerprint density at radius 1 is 0.711 bits per heavy atom.